The van der Waals surface area contributed by atoms with Gasteiger partial charge in [0.2, 0.25) is 0 Å². The highest BCUT2D eigenvalue weighted by Crippen LogP contribution is 2.28. The number of rotatable bonds is 1. The molecule has 0 aromatic rings. The van der Waals surface area contributed by atoms with Crippen molar-refractivity contribution in [1.82, 2.24) is 0 Å². The Morgan fingerprint density at radius 3 is 2.50 bits per heavy atom. The van der Waals surface area contributed by atoms with Crippen molar-refractivity contribution >= 4 is 5.97 Å². The number of hydrogen-bond acceptors (Lipinski definition) is 2. The summed E-state index contributed by atoms with van der Waals surface area (Å²) in [5, 5.41) is 8.62. The first kappa shape index (κ1) is 7.12. The Morgan fingerprint density at radius 2 is 2.30 bits per heavy atom. The second-order valence-corrected chi connectivity index (χ2v) is 2.87. The molecule has 0 radical (unpaired) electrons. The van der Waals surface area contributed by atoms with Crippen LogP contribution in [0.15, 0.2) is 12.3 Å². The maximum Gasteiger partial charge on any atom is 0.314 e. The summed E-state index contributed by atoms with van der Waals surface area (Å²) in [7, 11) is 0. The fourth-order valence-electron chi connectivity index (χ4n) is 0.978. The molecule has 1 aliphatic rings. The van der Waals surface area contributed by atoms with E-state index in [9.17, 15) is 4.79 Å². The van der Waals surface area contributed by atoms with Gasteiger partial charge in [-0.2, -0.15) is 0 Å². The van der Waals surface area contributed by atoms with E-state index in [2.05, 4.69) is 0 Å². The van der Waals surface area contributed by atoms with Gasteiger partial charge in [-0.25, -0.2) is 0 Å². The molecule has 1 atom stereocenters. The van der Waals surface area contributed by atoms with Crippen LogP contribution in [-0.4, -0.2) is 16.7 Å². The first-order chi connectivity index (χ1) is 4.54. The lowest BCUT2D eigenvalue weighted by Gasteiger charge is -2.22. The van der Waals surface area contributed by atoms with Crippen molar-refractivity contribution in [1.29, 1.82) is 0 Å². The summed E-state index contributed by atoms with van der Waals surface area (Å²) in [4.78, 5) is 10.5. The van der Waals surface area contributed by atoms with Gasteiger partial charge in [0.15, 0.2) is 0 Å². The van der Waals surface area contributed by atoms with Crippen LogP contribution in [0.4, 0.5) is 0 Å². The van der Waals surface area contributed by atoms with E-state index in [1.54, 1.807) is 19.9 Å². The van der Waals surface area contributed by atoms with Gasteiger partial charge in [-0.3, -0.25) is 4.79 Å². The van der Waals surface area contributed by atoms with Gasteiger partial charge in [0.1, 0.15) is 11.5 Å². The molecule has 56 valence electrons. The maximum absolute atomic E-state index is 10.5. The number of hydrogen-bond donors (Lipinski definition) is 1. The molecule has 1 unspecified atom stereocenters. The summed E-state index contributed by atoms with van der Waals surface area (Å²) >= 11 is 0. The van der Waals surface area contributed by atoms with Crippen molar-refractivity contribution < 1.29 is 14.6 Å². The summed E-state index contributed by atoms with van der Waals surface area (Å²) in [6.45, 7) is 3.51. The van der Waals surface area contributed by atoms with Gasteiger partial charge >= 0.3 is 5.97 Å². The van der Waals surface area contributed by atoms with E-state index >= 15 is 0 Å². The molecule has 0 aromatic heterocycles. The SMILES string of the molecule is CC1(C)OC=CC1C(=O)O. The Bertz CT molecular complexity index is 181. The smallest absolute Gasteiger partial charge is 0.314 e. The lowest BCUT2D eigenvalue weighted by molar-refractivity contribution is -0.145. The highest BCUT2D eigenvalue weighted by molar-refractivity contribution is 5.74. The topological polar surface area (TPSA) is 46.5 Å². The van der Waals surface area contributed by atoms with Crippen molar-refractivity contribution in [3.05, 3.63) is 12.3 Å². The number of carboxylic acid groups (broad SMARTS) is 1. The first-order valence-corrected chi connectivity index (χ1v) is 3.11. The van der Waals surface area contributed by atoms with E-state index < -0.39 is 17.5 Å². The highest BCUT2D eigenvalue weighted by atomic mass is 16.5. The predicted molar refractivity (Wildman–Crippen MR) is 35.4 cm³/mol. The summed E-state index contributed by atoms with van der Waals surface area (Å²) in [5.74, 6) is -1.34. The average Bonchev–Trinajstić information content (AvgIpc) is 2.08. The largest absolute Gasteiger partial charge is 0.495 e. The quantitative estimate of drug-likeness (QED) is 0.594. The van der Waals surface area contributed by atoms with Gasteiger partial charge in [0.05, 0.1) is 6.26 Å². The Morgan fingerprint density at radius 1 is 1.70 bits per heavy atom. The van der Waals surface area contributed by atoms with E-state index in [0.29, 0.717) is 0 Å². The van der Waals surface area contributed by atoms with Crippen molar-refractivity contribution in [2.24, 2.45) is 5.92 Å². The second kappa shape index (κ2) is 2.01. The van der Waals surface area contributed by atoms with Crippen molar-refractivity contribution in [2.45, 2.75) is 19.4 Å². The monoisotopic (exact) mass is 142 g/mol. The zero-order chi connectivity index (χ0) is 7.78. The van der Waals surface area contributed by atoms with Crippen LogP contribution in [0.2, 0.25) is 0 Å². The molecule has 1 N–H and O–H groups in total. The number of ether oxygens (including phenoxy) is 1. The van der Waals surface area contributed by atoms with Gasteiger partial charge < -0.3 is 9.84 Å². The third-order valence-electron chi connectivity index (χ3n) is 1.66. The second-order valence-electron chi connectivity index (χ2n) is 2.87. The fourth-order valence-corrected chi connectivity index (χ4v) is 0.978. The molecule has 0 spiro atoms. The summed E-state index contributed by atoms with van der Waals surface area (Å²) in [6, 6.07) is 0. The molecule has 3 heteroatoms. The van der Waals surface area contributed by atoms with Crippen LogP contribution in [-0.2, 0) is 9.53 Å². The zero-order valence-corrected chi connectivity index (χ0v) is 6.00. The molecule has 1 heterocycles. The van der Waals surface area contributed by atoms with Gasteiger partial charge in [0, 0.05) is 0 Å². The van der Waals surface area contributed by atoms with E-state index in [1.165, 1.54) is 6.26 Å². The van der Waals surface area contributed by atoms with E-state index in [1.807, 2.05) is 0 Å². The van der Waals surface area contributed by atoms with Crippen molar-refractivity contribution in [3.63, 3.8) is 0 Å². The predicted octanol–water partition coefficient (Wildman–Crippen LogP) is 1.01. The van der Waals surface area contributed by atoms with Gasteiger partial charge in [0.25, 0.3) is 0 Å². The van der Waals surface area contributed by atoms with Crippen molar-refractivity contribution in [2.75, 3.05) is 0 Å². The standard InChI is InChI=1S/C7H10O3/c1-7(2)5(6(8)9)3-4-10-7/h3-5H,1-2H3,(H,8,9). The number of carboxylic acids is 1. The Kier molecular flexibility index (Phi) is 1.43. The Balaban J connectivity index is 2.77. The maximum atomic E-state index is 10.5. The first-order valence-electron chi connectivity index (χ1n) is 3.11. The van der Waals surface area contributed by atoms with Crippen LogP contribution < -0.4 is 0 Å². The summed E-state index contributed by atoms with van der Waals surface area (Å²) < 4.78 is 5.05. The van der Waals surface area contributed by atoms with Crippen LogP contribution in [0.25, 0.3) is 0 Å². The molecule has 0 aliphatic carbocycles. The van der Waals surface area contributed by atoms with Crippen LogP contribution >= 0.6 is 0 Å². The van der Waals surface area contributed by atoms with Gasteiger partial charge in [-0.1, -0.05) is 0 Å². The Hall–Kier alpha value is -0.990. The minimum atomic E-state index is -0.834. The minimum Gasteiger partial charge on any atom is -0.495 e. The molecule has 0 bridgehead atoms. The molecule has 0 aromatic carbocycles. The normalized spacial score (nSPS) is 28.0. The van der Waals surface area contributed by atoms with Gasteiger partial charge in [-0.05, 0) is 19.9 Å². The van der Waals surface area contributed by atoms with Crippen LogP contribution in [0.5, 0.6) is 0 Å². The Labute approximate surface area is 59.3 Å². The summed E-state index contributed by atoms with van der Waals surface area (Å²) in [5.41, 5.74) is -0.578. The summed E-state index contributed by atoms with van der Waals surface area (Å²) in [6.07, 6.45) is 3.00. The molecule has 1 aliphatic heterocycles. The third kappa shape index (κ3) is 0.988. The van der Waals surface area contributed by atoms with E-state index in [0.717, 1.165) is 0 Å². The zero-order valence-electron chi connectivity index (χ0n) is 6.00. The number of aliphatic carboxylic acids is 1. The molecule has 3 nitrogen and oxygen atoms in total. The third-order valence-corrected chi connectivity index (χ3v) is 1.66. The lowest BCUT2D eigenvalue weighted by Crippen LogP contribution is -2.33. The van der Waals surface area contributed by atoms with Crippen LogP contribution in [0.1, 0.15) is 13.8 Å². The molecule has 0 fully saturated rings. The van der Waals surface area contributed by atoms with Crippen LogP contribution in [0, 0.1) is 5.92 Å². The minimum absolute atomic E-state index is 0.507. The lowest BCUT2D eigenvalue weighted by atomic mass is 9.93. The molecule has 0 amide bonds. The van der Waals surface area contributed by atoms with Crippen molar-refractivity contribution in [3.8, 4) is 0 Å². The highest BCUT2D eigenvalue weighted by Gasteiger charge is 2.37. The molecule has 0 saturated heterocycles. The molecule has 10 heavy (non-hydrogen) atoms. The van der Waals surface area contributed by atoms with E-state index in [4.69, 9.17) is 9.84 Å². The molecular formula is C7H10O3. The molecule has 0 saturated carbocycles. The van der Waals surface area contributed by atoms with Gasteiger partial charge in [-0.15, -0.1) is 0 Å². The van der Waals surface area contributed by atoms with Crippen LogP contribution in [0.3, 0.4) is 0 Å². The molecule has 1 rings (SSSR count). The number of carbonyl (C=O) groups is 1. The average molecular weight is 142 g/mol. The van der Waals surface area contributed by atoms with E-state index in [-0.39, 0.29) is 0 Å². The fraction of sp³-hybridized carbons (Fsp3) is 0.571. The molecular weight excluding hydrogens is 132 g/mol.